The zero-order chi connectivity index (χ0) is 12.9. The topological polar surface area (TPSA) is 17.1 Å². The van der Waals surface area contributed by atoms with Crippen molar-refractivity contribution >= 4 is 5.78 Å². The summed E-state index contributed by atoms with van der Waals surface area (Å²) in [7, 11) is 0. The van der Waals surface area contributed by atoms with E-state index in [1.165, 1.54) is 0 Å². The number of ketones is 1. The third-order valence-electron chi connectivity index (χ3n) is 3.41. The first kappa shape index (κ1) is 14.5. The molecule has 0 N–H and O–H groups in total. The molecule has 1 fully saturated rings. The van der Waals surface area contributed by atoms with Crippen LogP contribution in [-0.4, -0.2) is 18.6 Å². The minimum absolute atomic E-state index is 0.0375. The number of carbonyl (C=O) groups excluding carboxylic acids is 1. The van der Waals surface area contributed by atoms with E-state index in [9.17, 15) is 22.4 Å². The molecule has 0 aliphatic heterocycles. The summed E-state index contributed by atoms with van der Waals surface area (Å²) in [5, 5.41) is 0. The fourth-order valence-electron chi connectivity index (χ4n) is 2.54. The van der Waals surface area contributed by atoms with Crippen molar-refractivity contribution in [3.05, 3.63) is 0 Å². The van der Waals surface area contributed by atoms with E-state index in [2.05, 4.69) is 0 Å². The predicted octanol–water partition coefficient (Wildman–Crippen LogP) is 4.06. The molecule has 0 amide bonds. The first-order valence-electron chi connectivity index (χ1n) is 6.09. The van der Waals surface area contributed by atoms with Crippen molar-refractivity contribution in [1.29, 1.82) is 0 Å². The Balaban J connectivity index is 2.51. The molecule has 1 rings (SSSR count). The number of halogens is 4. The van der Waals surface area contributed by atoms with E-state index in [1.54, 1.807) is 0 Å². The molecule has 5 heteroatoms. The van der Waals surface area contributed by atoms with Crippen molar-refractivity contribution in [2.75, 3.05) is 6.67 Å². The average Bonchev–Trinajstić information content (AvgIpc) is 2.25. The molecule has 100 valence electrons. The van der Waals surface area contributed by atoms with Gasteiger partial charge in [-0.25, -0.2) is 0 Å². The molecule has 2 unspecified atom stereocenters. The molecule has 0 aromatic rings. The van der Waals surface area contributed by atoms with E-state index in [0.717, 1.165) is 6.42 Å². The van der Waals surface area contributed by atoms with Crippen LogP contribution in [-0.2, 0) is 4.79 Å². The lowest BCUT2D eigenvalue weighted by molar-refractivity contribution is -0.196. The third kappa shape index (κ3) is 4.64. The van der Waals surface area contributed by atoms with Crippen molar-refractivity contribution in [2.45, 2.75) is 51.1 Å². The van der Waals surface area contributed by atoms with Crippen LogP contribution in [0.1, 0.15) is 44.9 Å². The Bertz CT molecular complexity index is 249. The Hall–Kier alpha value is -0.610. The van der Waals surface area contributed by atoms with Crippen molar-refractivity contribution < 1.29 is 22.4 Å². The lowest BCUT2D eigenvalue weighted by Gasteiger charge is -2.32. The van der Waals surface area contributed by atoms with Crippen LogP contribution in [0.15, 0.2) is 0 Å². The fraction of sp³-hybridized carbons (Fsp3) is 0.917. The van der Waals surface area contributed by atoms with E-state index in [-0.39, 0.29) is 31.5 Å². The van der Waals surface area contributed by atoms with Gasteiger partial charge < -0.3 is 0 Å². The molecular weight excluding hydrogens is 236 g/mol. The first-order chi connectivity index (χ1) is 7.95. The van der Waals surface area contributed by atoms with Crippen molar-refractivity contribution in [3.63, 3.8) is 0 Å². The molecule has 1 aliphatic rings. The summed E-state index contributed by atoms with van der Waals surface area (Å²) >= 11 is 0. The summed E-state index contributed by atoms with van der Waals surface area (Å²) in [5.74, 6) is -2.16. The Labute approximate surface area is 98.6 Å². The SMILES string of the molecule is O=C(CCCF)CC1CCCCC1C(F)(F)F. The summed E-state index contributed by atoms with van der Waals surface area (Å²) in [5.41, 5.74) is 0. The Kier molecular flexibility index (Phi) is 5.40. The van der Waals surface area contributed by atoms with Gasteiger partial charge in [-0.3, -0.25) is 9.18 Å². The minimum Gasteiger partial charge on any atom is -0.300 e. The van der Waals surface area contributed by atoms with Gasteiger partial charge in [0.05, 0.1) is 12.6 Å². The summed E-state index contributed by atoms with van der Waals surface area (Å²) in [6, 6.07) is 0. The zero-order valence-electron chi connectivity index (χ0n) is 9.73. The molecule has 1 saturated carbocycles. The Morgan fingerprint density at radius 1 is 1.18 bits per heavy atom. The molecule has 1 nitrogen and oxygen atoms in total. The lowest BCUT2D eigenvalue weighted by atomic mass is 9.76. The summed E-state index contributed by atoms with van der Waals surface area (Å²) in [4.78, 5) is 11.4. The highest BCUT2D eigenvalue weighted by Crippen LogP contribution is 2.43. The van der Waals surface area contributed by atoms with Gasteiger partial charge in [0.2, 0.25) is 0 Å². The van der Waals surface area contributed by atoms with Gasteiger partial charge in [0.1, 0.15) is 5.78 Å². The van der Waals surface area contributed by atoms with Crippen LogP contribution in [0.5, 0.6) is 0 Å². The highest BCUT2D eigenvalue weighted by Gasteiger charge is 2.45. The summed E-state index contributed by atoms with van der Waals surface area (Å²) in [6.45, 7) is -0.584. The van der Waals surface area contributed by atoms with Gasteiger partial charge in [-0.1, -0.05) is 12.8 Å². The molecule has 0 heterocycles. The Morgan fingerprint density at radius 2 is 1.82 bits per heavy atom. The van der Waals surface area contributed by atoms with E-state index < -0.39 is 24.7 Å². The van der Waals surface area contributed by atoms with Crippen LogP contribution < -0.4 is 0 Å². The highest BCUT2D eigenvalue weighted by atomic mass is 19.4. The molecule has 17 heavy (non-hydrogen) atoms. The van der Waals surface area contributed by atoms with E-state index in [1.807, 2.05) is 0 Å². The molecule has 0 saturated heterocycles. The van der Waals surface area contributed by atoms with Crippen LogP contribution in [0.4, 0.5) is 17.6 Å². The van der Waals surface area contributed by atoms with Crippen molar-refractivity contribution in [3.8, 4) is 0 Å². The first-order valence-corrected chi connectivity index (χ1v) is 6.09. The summed E-state index contributed by atoms with van der Waals surface area (Å²) in [6.07, 6.45) is -2.11. The van der Waals surface area contributed by atoms with Gasteiger partial charge in [0.25, 0.3) is 0 Å². The maximum atomic E-state index is 12.7. The molecular formula is C12H18F4O. The molecule has 0 bridgehead atoms. The van der Waals surface area contributed by atoms with Gasteiger partial charge >= 0.3 is 6.18 Å². The standard InChI is InChI=1S/C12H18F4O/c13-7-3-5-10(17)8-9-4-1-2-6-11(9)12(14,15)16/h9,11H,1-8H2. The highest BCUT2D eigenvalue weighted by molar-refractivity contribution is 5.78. The molecule has 0 spiro atoms. The largest absolute Gasteiger partial charge is 0.392 e. The molecule has 0 aromatic heterocycles. The van der Waals surface area contributed by atoms with Gasteiger partial charge in [-0.2, -0.15) is 13.2 Å². The van der Waals surface area contributed by atoms with Gasteiger partial charge in [-0.15, -0.1) is 0 Å². The number of Topliss-reactive ketones (excluding diaryl/α,β-unsaturated/α-hetero) is 1. The van der Waals surface area contributed by atoms with Crippen molar-refractivity contribution in [1.82, 2.24) is 0 Å². The molecule has 0 radical (unpaired) electrons. The fourth-order valence-corrected chi connectivity index (χ4v) is 2.54. The second-order valence-corrected chi connectivity index (χ2v) is 4.73. The smallest absolute Gasteiger partial charge is 0.300 e. The second kappa shape index (κ2) is 6.36. The molecule has 1 aliphatic carbocycles. The van der Waals surface area contributed by atoms with Gasteiger partial charge in [0, 0.05) is 12.8 Å². The lowest BCUT2D eigenvalue weighted by Crippen LogP contribution is -2.34. The van der Waals surface area contributed by atoms with E-state index in [0.29, 0.717) is 12.8 Å². The summed E-state index contributed by atoms with van der Waals surface area (Å²) < 4.78 is 50.0. The van der Waals surface area contributed by atoms with E-state index >= 15 is 0 Å². The van der Waals surface area contributed by atoms with Crippen LogP contribution in [0.2, 0.25) is 0 Å². The van der Waals surface area contributed by atoms with Crippen LogP contribution >= 0.6 is 0 Å². The number of hydrogen-bond acceptors (Lipinski definition) is 1. The minimum atomic E-state index is -4.20. The van der Waals surface area contributed by atoms with Crippen LogP contribution in [0, 0.1) is 11.8 Å². The van der Waals surface area contributed by atoms with Gasteiger partial charge in [-0.05, 0) is 25.2 Å². The molecule has 0 aromatic carbocycles. The van der Waals surface area contributed by atoms with E-state index in [4.69, 9.17) is 0 Å². The quantitative estimate of drug-likeness (QED) is 0.676. The van der Waals surface area contributed by atoms with Crippen LogP contribution in [0.25, 0.3) is 0 Å². The van der Waals surface area contributed by atoms with Crippen molar-refractivity contribution in [2.24, 2.45) is 11.8 Å². The van der Waals surface area contributed by atoms with Crippen LogP contribution in [0.3, 0.4) is 0 Å². The third-order valence-corrected chi connectivity index (χ3v) is 3.41. The second-order valence-electron chi connectivity index (χ2n) is 4.73. The average molecular weight is 254 g/mol. The maximum absolute atomic E-state index is 12.7. The van der Waals surface area contributed by atoms with Gasteiger partial charge in [0.15, 0.2) is 0 Å². The number of rotatable bonds is 5. The Morgan fingerprint density at radius 3 is 2.41 bits per heavy atom. The predicted molar refractivity (Wildman–Crippen MR) is 56.3 cm³/mol. The number of hydrogen-bond donors (Lipinski definition) is 0. The molecule has 2 atom stereocenters. The maximum Gasteiger partial charge on any atom is 0.392 e. The monoisotopic (exact) mass is 254 g/mol. The number of alkyl halides is 4. The normalized spacial score (nSPS) is 25.9. The number of carbonyl (C=O) groups is 1. The zero-order valence-corrected chi connectivity index (χ0v) is 9.73.